The van der Waals surface area contributed by atoms with Gasteiger partial charge in [-0.1, -0.05) is 12.1 Å². The number of nitrogens with one attached hydrogen (secondary N) is 3. The van der Waals surface area contributed by atoms with Crippen LogP contribution in [-0.4, -0.2) is 28.8 Å². The van der Waals surface area contributed by atoms with Crippen LogP contribution in [0.1, 0.15) is 36.2 Å². The lowest BCUT2D eigenvalue weighted by Crippen LogP contribution is -2.36. The van der Waals surface area contributed by atoms with Crippen molar-refractivity contribution in [1.82, 2.24) is 15.1 Å². The van der Waals surface area contributed by atoms with Crippen molar-refractivity contribution in [2.75, 3.05) is 23.7 Å². The lowest BCUT2D eigenvalue weighted by molar-refractivity contribution is -0.116. The molecule has 6 heteroatoms. The minimum absolute atomic E-state index is 0.115. The Bertz CT molecular complexity index is 797. The maximum Gasteiger partial charge on any atom is 0.224 e. The molecule has 3 heterocycles. The van der Waals surface area contributed by atoms with E-state index in [1.807, 2.05) is 13.0 Å². The molecule has 3 N–H and O–H groups in total. The molecule has 2 aliphatic heterocycles. The van der Waals surface area contributed by atoms with Crippen LogP contribution in [0.4, 0.5) is 11.5 Å². The van der Waals surface area contributed by atoms with Gasteiger partial charge >= 0.3 is 0 Å². The Hall–Kier alpha value is -2.34. The van der Waals surface area contributed by atoms with Gasteiger partial charge in [0.05, 0.1) is 5.69 Å². The molecular weight excluding hydrogens is 314 g/mol. The molecule has 132 valence electrons. The first-order valence-corrected chi connectivity index (χ1v) is 9.03. The number of nitrogens with zero attached hydrogens (tertiary/aromatic N) is 2. The molecule has 1 amide bonds. The number of amides is 1. The zero-order valence-electron chi connectivity index (χ0n) is 14.8. The maximum absolute atomic E-state index is 11.5. The average Bonchev–Trinajstić information content (AvgIpc) is 2.98. The molecule has 0 fully saturated rings. The van der Waals surface area contributed by atoms with E-state index < -0.39 is 0 Å². The first kappa shape index (κ1) is 16.1. The van der Waals surface area contributed by atoms with Gasteiger partial charge in [0.2, 0.25) is 5.91 Å². The summed E-state index contributed by atoms with van der Waals surface area (Å²) in [7, 11) is 0. The van der Waals surface area contributed by atoms with E-state index in [1.165, 1.54) is 11.1 Å². The zero-order chi connectivity index (χ0) is 17.4. The molecule has 2 unspecified atom stereocenters. The summed E-state index contributed by atoms with van der Waals surface area (Å²) in [6, 6.07) is 8.74. The lowest BCUT2D eigenvalue weighted by atomic mass is 9.97. The molecule has 4 rings (SSSR count). The van der Waals surface area contributed by atoms with Crippen LogP contribution in [0, 0.1) is 12.8 Å². The minimum Gasteiger partial charge on any atom is -0.370 e. The maximum atomic E-state index is 11.5. The zero-order valence-corrected chi connectivity index (χ0v) is 14.8. The van der Waals surface area contributed by atoms with Gasteiger partial charge in [-0.05, 0) is 37.5 Å². The number of aromatic nitrogens is 2. The third-order valence-corrected chi connectivity index (χ3v) is 5.14. The second-order valence-corrected chi connectivity index (χ2v) is 7.19. The van der Waals surface area contributed by atoms with Crippen molar-refractivity contribution in [3.05, 3.63) is 41.1 Å². The number of carbonyl (C=O) groups is 1. The Balaban J connectivity index is 1.36. The minimum atomic E-state index is 0.115. The van der Waals surface area contributed by atoms with E-state index >= 15 is 0 Å². The van der Waals surface area contributed by atoms with Gasteiger partial charge in [-0.3, -0.25) is 4.79 Å². The summed E-state index contributed by atoms with van der Waals surface area (Å²) in [5.74, 6) is 1.76. The number of hydrogen-bond donors (Lipinski definition) is 3. The van der Waals surface area contributed by atoms with E-state index in [9.17, 15) is 4.79 Å². The predicted molar refractivity (Wildman–Crippen MR) is 98.8 cm³/mol. The standard InChI is InChI=1S/C19H25N5O/c1-12-7-18-21-10-14(11-24(18)23-12)9-20-13(2)15-3-5-17-16(8-15)4-6-19(25)22-17/h3,5,7-8,13-14,20-21H,4,6,9-11H2,1-2H3,(H,22,25). The average molecular weight is 339 g/mol. The molecule has 2 aliphatic rings. The van der Waals surface area contributed by atoms with Crippen molar-refractivity contribution in [2.45, 2.75) is 39.3 Å². The fourth-order valence-electron chi connectivity index (χ4n) is 3.66. The van der Waals surface area contributed by atoms with Crippen LogP contribution in [0.15, 0.2) is 24.3 Å². The van der Waals surface area contributed by atoms with Gasteiger partial charge in [0, 0.05) is 49.8 Å². The molecule has 1 aromatic heterocycles. The molecule has 1 aromatic carbocycles. The van der Waals surface area contributed by atoms with Crippen molar-refractivity contribution < 1.29 is 4.79 Å². The van der Waals surface area contributed by atoms with Crippen molar-refractivity contribution in [2.24, 2.45) is 5.92 Å². The topological polar surface area (TPSA) is 71.0 Å². The first-order valence-electron chi connectivity index (χ1n) is 9.03. The molecule has 25 heavy (non-hydrogen) atoms. The van der Waals surface area contributed by atoms with Gasteiger partial charge in [0.1, 0.15) is 5.82 Å². The fraction of sp³-hybridized carbons (Fsp3) is 0.474. The van der Waals surface area contributed by atoms with Gasteiger partial charge in [-0.15, -0.1) is 0 Å². The molecule has 0 spiro atoms. The quantitative estimate of drug-likeness (QED) is 0.800. The second-order valence-electron chi connectivity index (χ2n) is 7.19. The van der Waals surface area contributed by atoms with Gasteiger partial charge in [-0.2, -0.15) is 5.10 Å². The normalized spacial score (nSPS) is 20.2. The van der Waals surface area contributed by atoms with Crippen LogP contribution in [-0.2, 0) is 17.8 Å². The number of carbonyl (C=O) groups excluding carboxylic acids is 1. The number of rotatable bonds is 4. The van der Waals surface area contributed by atoms with Crippen molar-refractivity contribution in [3.8, 4) is 0 Å². The number of anilines is 2. The molecule has 2 atom stereocenters. The third kappa shape index (κ3) is 3.39. The van der Waals surface area contributed by atoms with Crippen LogP contribution >= 0.6 is 0 Å². The van der Waals surface area contributed by atoms with E-state index in [0.717, 1.165) is 43.3 Å². The van der Waals surface area contributed by atoms with E-state index in [-0.39, 0.29) is 11.9 Å². The monoisotopic (exact) mass is 339 g/mol. The molecule has 0 radical (unpaired) electrons. The van der Waals surface area contributed by atoms with Gasteiger partial charge < -0.3 is 16.0 Å². The van der Waals surface area contributed by atoms with Gasteiger partial charge in [0.15, 0.2) is 0 Å². The van der Waals surface area contributed by atoms with Crippen molar-refractivity contribution in [3.63, 3.8) is 0 Å². The fourth-order valence-corrected chi connectivity index (χ4v) is 3.66. The van der Waals surface area contributed by atoms with E-state index in [4.69, 9.17) is 0 Å². The molecule has 6 nitrogen and oxygen atoms in total. The smallest absolute Gasteiger partial charge is 0.224 e. The summed E-state index contributed by atoms with van der Waals surface area (Å²) in [6.45, 7) is 7.09. The predicted octanol–water partition coefficient (Wildman–Crippen LogP) is 2.47. The number of hydrogen-bond acceptors (Lipinski definition) is 4. The van der Waals surface area contributed by atoms with Gasteiger partial charge in [0.25, 0.3) is 0 Å². The Labute approximate surface area is 148 Å². The summed E-state index contributed by atoms with van der Waals surface area (Å²) in [6.07, 6.45) is 1.41. The molecule has 0 bridgehead atoms. The van der Waals surface area contributed by atoms with Gasteiger partial charge in [-0.25, -0.2) is 4.68 Å². The van der Waals surface area contributed by atoms with Crippen LogP contribution in [0.25, 0.3) is 0 Å². The summed E-state index contributed by atoms with van der Waals surface area (Å²) in [5.41, 5.74) is 4.53. The first-order chi connectivity index (χ1) is 12.1. The van der Waals surface area contributed by atoms with E-state index in [2.05, 4.69) is 50.9 Å². The Morgan fingerprint density at radius 2 is 2.24 bits per heavy atom. The highest BCUT2D eigenvalue weighted by molar-refractivity contribution is 5.93. The summed E-state index contributed by atoms with van der Waals surface area (Å²) >= 11 is 0. The number of fused-ring (bicyclic) bond motifs is 2. The molecule has 0 saturated carbocycles. The number of aryl methyl sites for hydroxylation is 2. The molecule has 0 saturated heterocycles. The molecule has 0 aliphatic carbocycles. The van der Waals surface area contributed by atoms with Crippen molar-refractivity contribution >= 4 is 17.4 Å². The molecular formula is C19H25N5O. The highest BCUT2D eigenvalue weighted by Gasteiger charge is 2.20. The van der Waals surface area contributed by atoms with Crippen LogP contribution < -0.4 is 16.0 Å². The van der Waals surface area contributed by atoms with Crippen LogP contribution in [0.2, 0.25) is 0 Å². The highest BCUT2D eigenvalue weighted by Crippen LogP contribution is 2.26. The number of benzene rings is 1. The summed E-state index contributed by atoms with van der Waals surface area (Å²) in [4.78, 5) is 11.5. The summed E-state index contributed by atoms with van der Waals surface area (Å²) < 4.78 is 2.07. The largest absolute Gasteiger partial charge is 0.370 e. The van der Waals surface area contributed by atoms with Crippen LogP contribution in [0.3, 0.4) is 0 Å². The van der Waals surface area contributed by atoms with Crippen LogP contribution in [0.5, 0.6) is 0 Å². The highest BCUT2D eigenvalue weighted by atomic mass is 16.1. The summed E-state index contributed by atoms with van der Waals surface area (Å²) in [5, 5.41) is 14.6. The second kappa shape index (κ2) is 6.52. The Morgan fingerprint density at radius 1 is 1.36 bits per heavy atom. The Morgan fingerprint density at radius 3 is 3.12 bits per heavy atom. The third-order valence-electron chi connectivity index (χ3n) is 5.14. The lowest BCUT2D eigenvalue weighted by Gasteiger charge is -2.27. The Kier molecular flexibility index (Phi) is 4.21. The van der Waals surface area contributed by atoms with E-state index in [1.54, 1.807) is 0 Å². The van der Waals surface area contributed by atoms with E-state index in [0.29, 0.717) is 12.3 Å². The molecule has 2 aromatic rings. The van der Waals surface area contributed by atoms with Crippen molar-refractivity contribution in [1.29, 1.82) is 0 Å². The SMILES string of the molecule is Cc1cc2n(n1)CC(CNC(C)c1ccc3c(c1)CCC(=O)N3)CN2.